The Labute approximate surface area is 109 Å². The normalized spacial score (nSPS) is 16.1. The fourth-order valence-corrected chi connectivity index (χ4v) is 2.75. The summed E-state index contributed by atoms with van der Waals surface area (Å²) in [7, 11) is -2.82. The summed E-state index contributed by atoms with van der Waals surface area (Å²) in [5.74, 6) is 0.534. The number of aryl methyl sites for hydroxylation is 1. The average molecular weight is 270 g/mol. The third kappa shape index (κ3) is 4.46. The first kappa shape index (κ1) is 13.6. The molecule has 1 aliphatic carbocycles. The van der Waals surface area contributed by atoms with Gasteiger partial charge in [-0.25, -0.2) is 8.42 Å². The van der Waals surface area contributed by atoms with Gasteiger partial charge in [-0.05, 0) is 30.9 Å². The van der Waals surface area contributed by atoms with Crippen molar-refractivity contribution in [1.29, 1.82) is 0 Å². The molecule has 0 atom stereocenters. The van der Waals surface area contributed by atoms with Crippen molar-refractivity contribution in [1.82, 2.24) is 9.88 Å². The van der Waals surface area contributed by atoms with Gasteiger partial charge in [0.25, 0.3) is 0 Å². The monoisotopic (exact) mass is 270 g/mol. The van der Waals surface area contributed by atoms with Crippen LogP contribution in [0.4, 0.5) is 0 Å². The summed E-state index contributed by atoms with van der Waals surface area (Å²) >= 11 is 0. The molecule has 0 bridgehead atoms. The van der Waals surface area contributed by atoms with Crippen LogP contribution in [0.1, 0.15) is 31.7 Å². The van der Waals surface area contributed by atoms with Crippen LogP contribution >= 0.6 is 0 Å². The molecule has 1 fully saturated rings. The molecule has 1 saturated carbocycles. The molecule has 1 aromatic rings. The summed E-state index contributed by atoms with van der Waals surface area (Å²) in [4.78, 5) is 0. The lowest BCUT2D eigenvalue weighted by Crippen LogP contribution is -2.14. The number of rotatable bonds is 8. The van der Waals surface area contributed by atoms with E-state index in [1.54, 1.807) is 6.92 Å². The third-order valence-electron chi connectivity index (χ3n) is 3.30. The van der Waals surface area contributed by atoms with Gasteiger partial charge < -0.3 is 9.88 Å². The fraction of sp³-hybridized carbons (Fsp3) is 0.692. The van der Waals surface area contributed by atoms with Crippen molar-refractivity contribution < 1.29 is 8.42 Å². The van der Waals surface area contributed by atoms with Crippen LogP contribution in [0.2, 0.25) is 0 Å². The molecule has 1 N–H and O–H groups in total. The van der Waals surface area contributed by atoms with Crippen LogP contribution in [0.3, 0.4) is 0 Å². The van der Waals surface area contributed by atoms with Crippen LogP contribution in [-0.2, 0) is 22.9 Å². The number of nitrogens with zero attached hydrogens (tertiary/aromatic N) is 1. The number of nitrogens with one attached hydrogen (secondary N) is 1. The van der Waals surface area contributed by atoms with E-state index in [-0.39, 0.29) is 11.5 Å². The van der Waals surface area contributed by atoms with Crippen molar-refractivity contribution in [2.75, 3.05) is 11.5 Å². The van der Waals surface area contributed by atoms with Crippen molar-refractivity contribution in [2.24, 2.45) is 0 Å². The highest BCUT2D eigenvalue weighted by Crippen LogP contribution is 2.19. The second-order valence-electron chi connectivity index (χ2n) is 5.00. The summed E-state index contributed by atoms with van der Waals surface area (Å²) in [6, 6.07) is 2.83. The van der Waals surface area contributed by atoms with Crippen LogP contribution in [0, 0.1) is 0 Å². The largest absolute Gasteiger partial charge is 0.354 e. The molecule has 2 rings (SSSR count). The Morgan fingerprint density at radius 1 is 1.44 bits per heavy atom. The maximum Gasteiger partial charge on any atom is 0.150 e. The summed E-state index contributed by atoms with van der Waals surface area (Å²) in [5.41, 5.74) is 1.28. The minimum atomic E-state index is -2.82. The van der Waals surface area contributed by atoms with Gasteiger partial charge in [0.2, 0.25) is 0 Å². The number of sulfone groups is 1. The van der Waals surface area contributed by atoms with Crippen molar-refractivity contribution in [3.05, 3.63) is 24.0 Å². The molecule has 0 saturated heterocycles. The predicted molar refractivity (Wildman–Crippen MR) is 73.2 cm³/mol. The molecule has 102 valence electrons. The summed E-state index contributed by atoms with van der Waals surface area (Å²) in [6.45, 7) is 3.40. The molecule has 0 aliphatic heterocycles. The number of hydrogen-bond acceptors (Lipinski definition) is 3. The van der Waals surface area contributed by atoms with Crippen LogP contribution in [0.5, 0.6) is 0 Å². The van der Waals surface area contributed by atoms with Gasteiger partial charge in [-0.3, -0.25) is 0 Å². The summed E-state index contributed by atoms with van der Waals surface area (Å²) in [5, 5.41) is 3.47. The van der Waals surface area contributed by atoms with Gasteiger partial charge in [0.15, 0.2) is 0 Å². The molecular weight excluding hydrogens is 248 g/mol. The van der Waals surface area contributed by atoms with Gasteiger partial charge in [-0.15, -0.1) is 0 Å². The molecule has 0 unspecified atom stereocenters. The molecule has 5 heteroatoms. The van der Waals surface area contributed by atoms with E-state index in [1.165, 1.54) is 18.4 Å². The second-order valence-corrected chi connectivity index (χ2v) is 7.48. The van der Waals surface area contributed by atoms with Gasteiger partial charge in [-0.1, -0.05) is 6.92 Å². The highest BCUT2D eigenvalue weighted by atomic mass is 32.2. The van der Waals surface area contributed by atoms with E-state index < -0.39 is 9.84 Å². The van der Waals surface area contributed by atoms with E-state index in [0.29, 0.717) is 6.42 Å². The minimum absolute atomic E-state index is 0.245. The Morgan fingerprint density at radius 3 is 2.89 bits per heavy atom. The SMILES string of the molecule is CCS(=O)(=O)CCCn1ccc(CNC2CC2)c1. The lowest BCUT2D eigenvalue weighted by Gasteiger charge is -2.03. The Bertz CT molecular complexity index is 475. The molecule has 1 heterocycles. The van der Waals surface area contributed by atoms with E-state index in [9.17, 15) is 8.42 Å². The standard InChI is InChI=1S/C13H22N2O2S/c1-2-18(16,17)9-3-7-15-8-6-12(11-15)10-14-13-4-5-13/h6,8,11,13-14H,2-5,7,9-10H2,1H3. The van der Waals surface area contributed by atoms with Gasteiger partial charge in [0.05, 0.1) is 5.75 Å². The molecule has 1 aliphatic rings. The lowest BCUT2D eigenvalue weighted by atomic mass is 10.3. The molecule has 1 aromatic heterocycles. The number of hydrogen-bond donors (Lipinski definition) is 1. The summed E-state index contributed by atoms with van der Waals surface area (Å²) < 4.78 is 24.8. The van der Waals surface area contributed by atoms with Crippen LogP contribution in [-0.4, -0.2) is 30.5 Å². The fourth-order valence-electron chi connectivity index (χ4n) is 1.90. The van der Waals surface area contributed by atoms with E-state index >= 15 is 0 Å². The predicted octanol–water partition coefficient (Wildman–Crippen LogP) is 1.56. The topological polar surface area (TPSA) is 51.1 Å². The lowest BCUT2D eigenvalue weighted by molar-refractivity contribution is 0.587. The highest BCUT2D eigenvalue weighted by molar-refractivity contribution is 7.91. The number of aromatic nitrogens is 1. The van der Waals surface area contributed by atoms with Crippen molar-refractivity contribution >= 4 is 9.84 Å². The van der Waals surface area contributed by atoms with Crippen LogP contribution in [0.25, 0.3) is 0 Å². The van der Waals surface area contributed by atoms with E-state index in [0.717, 1.165) is 19.1 Å². The Kier molecular flexibility index (Phi) is 4.45. The molecule has 0 amide bonds. The maximum atomic E-state index is 11.4. The van der Waals surface area contributed by atoms with Crippen LogP contribution in [0.15, 0.2) is 18.5 Å². The van der Waals surface area contributed by atoms with Crippen molar-refractivity contribution in [3.8, 4) is 0 Å². The van der Waals surface area contributed by atoms with Gasteiger partial charge in [0, 0.05) is 37.3 Å². The zero-order valence-corrected chi connectivity index (χ0v) is 11.7. The van der Waals surface area contributed by atoms with E-state index in [4.69, 9.17) is 0 Å². The first-order valence-corrected chi connectivity index (χ1v) is 8.49. The second kappa shape index (κ2) is 5.89. The highest BCUT2D eigenvalue weighted by Gasteiger charge is 2.19. The smallest absolute Gasteiger partial charge is 0.150 e. The van der Waals surface area contributed by atoms with Gasteiger partial charge >= 0.3 is 0 Å². The first-order chi connectivity index (χ1) is 8.59. The minimum Gasteiger partial charge on any atom is -0.354 e. The van der Waals surface area contributed by atoms with Gasteiger partial charge in [0.1, 0.15) is 9.84 Å². The zero-order chi connectivity index (χ0) is 13.0. The Hall–Kier alpha value is -0.810. The van der Waals surface area contributed by atoms with E-state index in [2.05, 4.69) is 22.1 Å². The Balaban J connectivity index is 1.72. The summed E-state index contributed by atoms with van der Waals surface area (Å²) in [6.07, 6.45) is 7.43. The van der Waals surface area contributed by atoms with Crippen molar-refractivity contribution in [2.45, 2.75) is 45.3 Å². The van der Waals surface area contributed by atoms with Crippen molar-refractivity contribution in [3.63, 3.8) is 0 Å². The Morgan fingerprint density at radius 2 is 2.22 bits per heavy atom. The molecule has 0 radical (unpaired) electrons. The zero-order valence-electron chi connectivity index (χ0n) is 10.9. The quantitative estimate of drug-likeness (QED) is 0.780. The molecule has 0 spiro atoms. The molecular formula is C13H22N2O2S. The molecule has 18 heavy (non-hydrogen) atoms. The molecule has 4 nitrogen and oxygen atoms in total. The van der Waals surface area contributed by atoms with E-state index in [1.807, 2.05) is 6.20 Å². The van der Waals surface area contributed by atoms with Crippen LogP contribution < -0.4 is 5.32 Å². The van der Waals surface area contributed by atoms with Gasteiger partial charge in [-0.2, -0.15) is 0 Å². The molecule has 0 aromatic carbocycles. The average Bonchev–Trinajstić information content (AvgIpc) is 3.07. The maximum absolute atomic E-state index is 11.4. The third-order valence-corrected chi connectivity index (χ3v) is 5.09. The first-order valence-electron chi connectivity index (χ1n) is 6.67.